The third-order valence-corrected chi connectivity index (χ3v) is 4.27. The third-order valence-electron chi connectivity index (χ3n) is 3.33. The number of amides is 1. The quantitative estimate of drug-likeness (QED) is 0.737. The van der Waals surface area contributed by atoms with Gasteiger partial charge in [-0.2, -0.15) is 0 Å². The Balaban J connectivity index is 1.73. The topological polar surface area (TPSA) is 68.3 Å². The number of ether oxygens (including phenoxy) is 1. The molecule has 1 aromatic heterocycles. The summed E-state index contributed by atoms with van der Waals surface area (Å²) in [7, 11) is 1.32. The first kappa shape index (κ1) is 16.1. The Morgan fingerprint density at radius 2 is 1.96 bits per heavy atom. The van der Waals surface area contributed by atoms with Crippen LogP contribution in [0.15, 0.2) is 42.5 Å². The minimum Gasteiger partial charge on any atom is -0.465 e. The highest BCUT2D eigenvalue weighted by Gasteiger charge is 2.11. The maximum absolute atomic E-state index is 12.9. The Morgan fingerprint density at radius 1 is 1.21 bits per heavy atom. The second-order valence-electron chi connectivity index (χ2n) is 5.04. The fourth-order valence-electron chi connectivity index (χ4n) is 2.17. The average Bonchev–Trinajstić information content (AvgIpc) is 2.97. The highest BCUT2D eigenvalue weighted by molar-refractivity contribution is 7.22. The molecule has 5 nitrogen and oxygen atoms in total. The molecule has 0 aliphatic rings. The van der Waals surface area contributed by atoms with Crippen LogP contribution in [0.25, 0.3) is 10.2 Å². The number of aromatic nitrogens is 1. The summed E-state index contributed by atoms with van der Waals surface area (Å²) in [5.74, 6) is -1.01. The molecule has 1 N–H and O–H groups in total. The first-order valence-electron chi connectivity index (χ1n) is 7.08. The molecule has 0 aliphatic carbocycles. The summed E-state index contributed by atoms with van der Waals surface area (Å²) in [6, 6.07) is 10.8. The van der Waals surface area contributed by atoms with Gasteiger partial charge < -0.3 is 10.1 Å². The second kappa shape index (κ2) is 6.76. The molecule has 1 heterocycles. The Hall–Kier alpha value is -2.80. The molecular weight excluding hydrogens is 331 g/mol. The smallest absolute Gasteiger partial charge is 0.337 e. The van der Waals surface area contributed by atoms with Crippen molar-refractivity contribution in [2.45, 2.75) is 6.42 Å². The Kier molecular flexibility index (Phi) is 4.52. The van der Waals surface area contributed by atoms with Gasteiger partial charge in [-0.25, -0.2) is 14.2 Å². The molecule has 1 amide bonds. The summed E-state index contributed by atoms with van der Waals surface area (Å²) in [5, 5.41) is 3.16. The number of halogens is 1. The molecule has 7 heteroatoms. The number of hydrogen-bond acceptors (Lipinski definition) is 5. The van der Waals surface area contributed by atoms with Crippen LogP contribution in [-0.2, 0) is 16.0 Å². The highest BCUT2D eigenvalue weighted by Crippen LogP contribution is 2.27. The van der Waals surface area contributed by atoms with Gasteiger partial charge in [-0.15, -0.1) is 0 Å². The zero-order valence-corrected chi connectivity index (χ0v) is 13.5. The van der Waals surface area contributed by atoms with Gasteiger partial charge in [0.05, 0.1) is 29.3 Å². The van der Waals surface area contributed by atoms with E-state index in [0.29, 0.717) is 21.8 Å². The number of carbonyl (C=O) groups excluding carboxylic acids is 2. The second-order valence-corrected chi connectivity index (χ2v) is 6.08. The minimum absolute atomic E-state index is 0.129. The lowest BCUT2D eigenvalue weighted by Gasteiger charge is -2.01. The summed E-state index contributed by atoms with van der Waals surface area (Å²) in [5.41, 5.74) is 1.82. The maximum atomic E-state index is 12.9. The lowest BCUT2D eigenvalue weighted by atomic mass is 10.1. The number of nitrogens with zero attached hydrogens (tertiary/aromatic N) is 1. The standard InChI is InChI=1S/C17H13FN2O3S/c1-23-16(22)11-4-7-13-14(9-11)24-17(19-13)20-15(21)8-10-2-5-12(18)6-3-10/h2-7,9H,8H2,1H3,(H,19,20,21). The van der Waals surface area contributed by atoms with Crippen LogP contribution in [-0.4, -0.2) is 24.0 Å². The number of carbonyl (C=O) groups is 2. The number of thiazole rings is 1. The number of esters is 1. The van der Waals surface area contributed by atoms with E-state index in [4.69, 9.17) is 0 Å². The summed E-state index contributed by atoms with van der Waals surface area (Å²) >= 11 is 1.27. The Labute approximate surface area is 141 Å². The van der Waals surface area contributed by atoms with Gasteiger partial charge in [0.15, 0.2) is 5.13 Å². The van der Waals surface area contributed by atoms with Crippen molar-refractivity contribution in [1.29, 1.82) is 0 Å². The SMILES string of the molecule is COC(=O)c1ccc2nc(NC(=O)Cc3ccc(F)cc3)sc2c1. The Bertz CT molecular complexity index is 906. The molecule has 0 spiro atoms. The van der Waals surface area contributed by atoms with Crippen LogP contribution in [0.1, 0.15) is 15.9 Å². The number of rotatable bonds is 4. The van der Waals surface area contributed by atoms with Gasteiger partial charge in [0, 0.05) is 0 Å². The third kappa shape index (κ3) is 3.57. The van der Waals surface area contributed by atoms with Crippen LogP contribution in [0, 0.1) is 5.82 Å². The van der Waals surface area contributed by atoms with E-state index in [9.17, 15) is 14.0 Å². The van der Waals surface area contributed by atoms with Gasteiger partial charge in [0.2, 0.25) is 5.91 Å². The van der Waals surface area contributed by atoms with Gasteiger partial charge in [-0.3, -0.25) is 4.79 Å². The van der Waals surface area contributed by atoms with E-state index in [2.05, 4.69) is 15.0 Å². The predicted molar refractivity (Wildman–Crippen MR) is 89.7 cm³/mol. The van der Waals surface area contributed by atoms with Crippen LogP contribution >= 0.6 is 11.3 Å². The number of nitrogens with one attached hydrogen (secondary N) is 1. The lowest BCUT2D eigenvalue weighted by molar-refractivity contribution is -0.115. The van der Waals surface area contributed by atoms with Gasteiger partial charge >= 0.3 is 5.97 Å². The summed E-state index contributed by atoms with van der Waals surface area (Å²) < 4.78 is 18.3. The number of methoxy groups -OCH3 is 1. The van der Waals surface area contributed by atoms with Crippen LogP contribution in [0.4, 0.5) is 9.52 Å². The number of fused-ring (bicyclic) bond motifs is 1. The monoisotopic (exact) mass is 344 g/mol. The fraction of sp³-hybridized carbons (Fsp3) is 0.118. The molecule has 3 aromatic rings. The maximum Gasteiger partial charge on any atom is 0.337 e. The molecular formula is C17H13FN2O3S. The summed E-state index contributed by atoms with van der Waals surface area (Å²) in [6.07, 6.45) is 0.129. The molecule has 2 aromatic carbocycles. The lowest BCUT2D eigenvalue weighted by Crippen LogP contribution is -2.14. The van der Waals surface area contributed by atoms with E-state index in [1.165, 1.54) is 30.6 Å². The normalized spacial score (nSPS) is 10.6. The zero-order chi connectivity index (χ0) is 17.1. The van der Waals surface area contributed by atoms with Crippen molar-refractivity contribution >= 4 is 38.6 Å². The van der Waals surface area contributed by atoms with Crippen LogP contribution in [0.2, 0.25) is 0 Å². The minimum atomic E-state index is -0.424. The van der Waals surface area contributed by atoms with Crippen molar-refractivity contribution in [3.8, 4) is 0 Å². The molecule has 0 radical (unpaired) electrons. The van der Waals surface area contributed by atoms with Crippen LogP contribution in [0.3, 0.4) is 0 Å². The molecule has 0 fully saturated rings. The number of benzene rings is 2. The molecule has 122 valence electrons. The molecule has 0 unspecified atom stereocenters. The van der Waals surface area contributed by atoms with E-state index >= 15 is 0 Å². The first-order valence-corrected chi connectivity index (χ1v) is 7.90. The van der Waals surface area contributed by atoms with Crippen molar-refractivity contribution in [3.05, 3.63) is 59.4 Å². The van der Waals surface area contributed by atoms with E-state index in [1.54, 1.807) is 30.3 Å². The molecule has 0 atom stereocenters. The van der Waals surface area contributed by atoms with E-state index in [1.807, 2.05) is 0 Å². The van der Waals surface area contributed by atoms with E-state index in [-0.39, 0.29) is 18.1 Å². The van der Waals surface area contributed by atoms with Gasteiger partial charge in [0.25, 0.3) is 0 Å². The van der Waals surface area contributed by atoms with E-state index in [0.717, 1.165) is 4.70 Å². The summed E-state index contributed by atoms with van der Waals surface area (Å²) in [4.78, 5) is 27.9. The number of anilines is 1. The molecule has 0 aliphatic heterocycles. The summed E-state index contributed by atoms with van der Waals surface area (Å²) in [6.45, 7) is 0. The van der Waals surface area contributed by atoms with Crippen molar-refractivity contribution in [2.75, 3.05) is 12.4 Å². The van der Waals surface area contributed by atoms with Gasteiger partial charge in [0.1, 0.15) is 5.82 Å². The zero-order valence-electron chi connectivity index (χ0n) is 12.7. The average molecular weight is 344 g/mol. The van der Waals surface area contributed by atoms with Crippen molar-refractivity contribution in [3.63, 3.8) is 0 Å². The van der Waals surface area contributed by atoms with Gasteiger partial charge in [-0.05, 0) is 35.9 Å². The molecule has 3 rings (SSSR count). The number of hydrogen-bond donors (Lipinski definition) is 1. The molecule has 0 saturated carbocycles. The van der Waals surface area contributed by atoms with Crippen molar-refractivity contribution in [2.24, 2.45) is 0 Å². The predicted octanol–water partition coefficient (Wildman–Crippen LogP) is 3.40. The van der Waals surface area contributed by atoms with Crippen LogP contribution in [0.5, 0.6) is 0 Å². The fourth-order valence-corrected chi connectivity index (χ4v) is 3.10. The Morgan fingerprint density at radius 3 is 2.67 bits per heavy atom. The molecule has 24 heavy (non-hydrogen) atoms. The first-order chi connectivity index (χ1) is 11.5. The highest BCUT2D eigenvalue weighted by atomic mass is 32.1. The van der Waals surface area contributed by atoms with Gasteiger partial charge in [-0.1, -0.05) is 23.5 Å². The largest absolute Gasteiger partial charge is 0.465 e. The van der Waals surface area contributed by atoms with Crippen molar-refractivity contribution < 1.29 is 18.7 Å². The molecule has 0 bridgehead atoms. The van der Waals surface area contributed by atoms with Crippen molar-refractivity contribution in [1.82, 2.24) is 4.98 Å². The van der Waals surface area contributed by atoms with E-state index < -0.39 is 5.97 Å². The van der Waals surface area contributed by atoms with Crippen LogP contribution < -0.4 is 5.32 Å². The molecule has 0 saturated heterocycles.